The molecular weight excluding hydrogens is 480 g/mol. The van der Waals surface area contributed by atoms with Crippen molar-refractivity contribution < 1.29 is 9.53 Å². The van der Waals surface area contributed by atoms with Crippen LogP contribution in [0.4, 0.5) is 17.3 Å². The lowest BCUT2D eigenvalue weighted by Gasteiger charge is -2.23. The second kappa shape index (κ2) is 11.5. The maximum absolute atomic E-state index is 12.1. The number of rotatable bonds is 8. The molecule has 1 aliphatic heterocycles. The molecule has 0 radical (unpaired) electrons. The van der Waals surface area contributed by atoms with Crippen molar-refractivity contribution in [1.29, 1.82) is 0 Å². The van der Waals surface area contributed by atoms with Gasteiger partial charge in [0.25, 0.3) is 5.91 Å². The lowest BCUT2D eigenvalue weighted by Crippen LogP contribution is -2.34. The highest BCUT2D eigenvalue weighted by atomic mass is 16.5. The summed E-state index contributed by atoms with van der Waals surface area (Å²) in [5.41, 5.74) is 2.71. The fourth-order valence-electron chi connectivity index (χ4n) is 4.47. The molecule has 3 heterocycles. The average Bonchev–Trinajstić information content (AvgIpc) is 3.26. The fraction of sp³-hybridized carbons (Fsp3) is 0.357. The van der Waals surface area contributed by atoms with Crippen LogP contribution in [0, 0.1) is 0 Å². The number of hydrogen-bond donors (Lipinski definition) is 3. The summed E-state index contributed by atoms with van der Waals surface area (Å²) in [5.74, 6) is 2.60. The number of anilines is 3. The SMILES string of the molecule is CC(C)NC(=O)COc1cccc(-c2nc(Nc3ccc4[nH]ncc4c3)cc(N3CCCN(C)CC3)n2)c1. The van der Waals surface area contributed by atoms with E-state index in [1.807, 2.05) is 62.4 Å². The maximum Gasteiger partial charge on any atom is 0.258 e. The molecule has 3 N–H and O–H groups in total. The van der Waals surface area contributed by atoms with Crippen molar-refractivity contribution >= 4 is 34.1 Å². The first-order chi connectivity index (χ1) is 18.4. The molecule has 2 aromatic carbocycles. The van der Waals surface area contributed by atoms with Gasteiger partial charge in [0.05, 0.1) is 11.7 Å². The number of aromatic amines is 1. The predicted octanol–water partition coefficient (Wildman–Crippen LogP) is 3.81. The molecule has 4 aromatic rings. The van der Waals surface area contributed by atoms with Gasteiger partial charge in [-0.2, -0.15) is 5.10 Å². The highest BCUT2D eigenvalue weighted by Crippen LogP contribution is 2.28. The van der Waals surface area contributed by atoms with E-state index >= 15 is 0 Å². The number of nitrogens with zero attached hydrogens (tertiary/aromatic N) is 5. The highest BCUT2D eigenvalue weighted by Gasteiger charge is 2.17. The summed E-state index contributed by atoms with van der Waals surface area (Å²) >= 11 is 0. The number of hydrogen-bond acceptors (Lipinski definition) is 8. The normalized spacial score (nSPS) is 14.5. The van der Waals surface area contributed by atoms with Crippen molar-refractivity contribution in [2.24, 2.45) is 0 Å². The van der Waals surface area contributed by atoms with Crippen LogP contribution >= 0.6 is 0 Å². The van der Waals surface area contributed by atoms with Gasteiger partial charge in [-0.1, -0.05) is 12.1 Å². The molecule has 0 aliphatic carbocycles. The van der Waals surface area contributed by atoms with Gasteiger partial charge >= 0.3 is 0 Å². The second-order valence-corrected chi connectivity index (χ2v) is 9.91. The third kappa shape index (κ3) is 6.38. The third-order valence-corrected chi connectivity index (χ3v) is 6.38. The van der Waals surface area contributed by atoms with Crippen LogP contribution in [-0.2, 0) is 4.79 Å². The fourth-order valence-corrected chi connectivity index (χ4v) is 4.47. The van der Waals surface area contributed by atoms with E-state index in [4.69, 9.17) is 14.7 Å². The van der Waals surface area contributed by atoms with E-state index in [0.717, 1.165) is 60.6 Å². The molecule has 5 rings (SSSR count). The smallest absolute Gasteiger partial charge is 0.258 e. The van der Waals surface area contributed by atoms with Gasteiger partial charge in [0.2, 0.25) is 0 Å². The minimum absolute atomic E-state index is 0.0485. The Labute approximate surface area is 222 Å². The van der Waals surface area contributed by atoms with Gasteiger partial charge in [-0.15, -0.1) is 0 Å². The minimum atomic E-state index is -0.157. The number of amides is 1. The van der Waals surface area contributed by atoms with Gasteiger partial charge in [-0.05, 0) is 64.2 Å². The first-order valence-corrected chi connectivity index (χ1v) is 13.0. The number of fused-ring (bicyclic) bond motifs is 1. The summed E-state index contributed by atoms with van der Waals surface area (Å²) in [6.07, 6.45) is 2.87. The minimum Gasteiger partial charge on any atom is -0.484 e. The Morgan fingerprint density at radius 3 is 2.84 bits per heavy atom. The lowest BCUT2D eigenvalue weighted by atomic mass is 10.2. The average molecular weight is 515 g/mol. The summed E-state index contributed by atoms with van der Waals surface area (Å²) in [5, 5.41) is 14.4. The van der Waals surface area contributed by atoms with E-state index in [2.05, 4.69) is 37.7 Å². The Morgan fingerprint density at radius 1 is 1.08 bits per heavy atom. The predicted molar refractivity (Wildman–Crippen MR) is 150 cm³/mol. The Balaban J connectivity index is 1.44. The van der Waals surface area contributed by atoms with E-state index in [-0.39, 0.29) is 18.6 Å². The van der Waals surface area contributed by atoms with Gasteiger partial charge in [-0.25, -0.2) is 9.97 Å². The number of ether oxygens (including phenoxy) is 1. The van der Waals surface area contributed by atoms with Crippen molar-refractivity contribution in [2.75, 3.05) is 50.1 Å². The summed E-state index contributed by atoms with van der Waals surface area (Å²) in [6.45, 7) is 7.65. The summed E-state index contributed by atoms with van der Waals surface area (Å²) < 4.78 is 5.76. The molecule has 1 amide bonds. The van der Waals surface area contributed by atoms with Gasteiger partial charge < -0.3 is 25.2 Å². The monoisotopic (exact) mass is 514 g/mol. The Kier molecular flexibility index (Phi) is 7.69. The molecule has 198 valence electrons. The van der Waals surface area contributed by atoms with Crippen LogP contribution in [0.1, 0.15) is 20.3 Å². The summed E-state index contributed by atoms with van der Waals surface area (Å²) in [6, 6.07) is 15.7. The van der Waals surface area contributed by atoms with Crippen molar-refractivity contribution in [3.8, 4) is 17.1 Å². The topological polar surface area (TPSA) is 111 Å². The number of nitrogens with one attached hydrogen (secondary N) is 3. The standard InChI is InChI=1S/C28H34N8O2/c1-19(2)30-27(37)18-38-23-7-4-6-20(15-23)28-32-25(31-22-8-9-24-21(14-22)17-29-34-24)16-26(33-28)36-11-5-10-35(3)12-13-36/h4,6-9,14-17,19H,5,10-13,18H2,1-3H3,(H,29,34)(H,30,37)(H,31,32,33). The largest absolute Gasteiger partial charge is 0.484 e. The molecule has 10 nitrogen and oxygen atoms in total. The molecular formula is C28H34N8O2. The molecule has 0 spiro atoms. The molecule has 1 aliphatic rings. The number of likely N-dealkylation sites (N-methyl/N-ethyl adjacent to an activating group) is 1. The van der Waals surface area contributed by atoms with Crippen LogP contribution in [0.15, 0.2) is 54.7 Å². The van der Waals surface area contributed by atoms with Crippen LogP contribution < -0.4 is 20.3 Å². The Morgan fingerprint density at radius 2 is 1.97 bits per heavy atom. The molecule has 10 heteroatoms. The third-order valence-electron chi connectivity index (χ3n) is 6.38. The molecule has 1 saturated heterocycles. The Bertz CT molecular complexity index is 1400. The molecule has 1 fully saturated rings. The number of benzene rings is 2. The van der Waals surface area contributed by atoms with Crippen LogP contribution in [0.3, 0.4) is 0 Å². The van der Waals surface area contributed by atoms with Crippen molar-refractivity contribution in [2.45, 2.75) is 26.3 Å². The molecule has 0 saturated carbocycles. The van der Waals surface area contributed by atoms with Crippen LogP contribution in [0.5, 0.6) is 5.75 Å². The molecule has 2 aromatic heterocycles. The van der Waals surface area contributed by atoms with Gasteiger partial charge in [-0.3, -0.25) is 9.89 Å². The second-order valence-electron chi connectivity index (χ2n) is 9.91. The number of aromatic nitrogens is 4. The maximum atomic E-state index is 12.1. The quantitative estimate of drug-likeness (QED) is 0.326. The first kappa shape index (κ1) is 25.5. The number of carbonyl (C=O) groups excluding carboxylic acids is 1. The summed E-state index contributed by atoms with van der Waals surface area (Å²) in [7, 11) is 2.15. The Hall–Kier alpha value is -4.18. The van der Waals surface area contributed by atoms with E-state index in [9.17, 15) is 4.79 Å². The zero-order valence-electron chi connectivity index (χ0n) is 22.1. The zero-order chi connectivity index (χ0) is 26.5. The molecule has 0 unspecified atom stereocenters. The van der Waals surface area contributed by atoms with Crippen molar-refractivity contribution in [3.05, 3.63) is 54.7 Å². The zero-order valence-corrected chi connectivity index (χ0v) is 22.1. The van der Waals surface area contributed by atoms with Gasteiger partial charge in [0.15, 0.2) is 12.4 Å². The van der Waals surface area contributed by atoms with Crippen molar-refractivity contribution in [3.63, 3.8) is 0 Å². The molecule has 0 atom stereocenters. The van der Waals surface area contributed by atoms with Gasteiger partial charge in [0, 0.05) is 48.4 Å². The van der Waals surface area contributed by atoms with E-state index in [1.54, 1.807) is 6.20 Å². The van der Waals surface area contributed by atoms with Crippen molar-refractivity contribution in [1.82, 2.24) is 30.4 Å². The first-order valence-electron chi connectivity index (χ1n) is 13.0. The molecule has 38 heavy (non-hydrogen) atoms. The van der Waals surface area contributed by atoms with Crippen LogP contribution in [0.25, 0.3) is 22.3 Å². The van der Waals surface area contributed by atoms with E-state index in [0.29, 0.717) is 17.4 Å². The highest BCUT2D eigenvalue weighted by molar-refractivity contribution is 5.83. The van der Waals surface area contributed by atoms with E-state index < -0.39 is 0 Å². The summed E-state index contributed by atoms with van der Waals surface area (Å²) in [4.78, 5) is 26.5. The van der Waals surface area contributed by atoms with Crippen LogP contribution in [-0.4, -0.2) is 76.8 Å². The lowest BCUT2D eigenvalue weighted by molar-refractivity contribution is -0.123. The van der Waals surface area contributed by atoms with Crippen LogP contribution in [0.2, 0.25) is 0 Å². The van der Waals surface area contributed by atoms with Gasteiger partial charge in [0.1, 0.15) is 17.4 Å². The van der Waals surface area contributed by atoms with E-state index in [1.165, 1.54) is 0 Å². The molecule has 0 bridgehead atoms. The number of carbonyl (C=O) groups is 1. The number of H-pyrrole nitrogens is 1.